The standard InChI is InChI=1S/C23H25N7O5/c1-32-20-3-2-16-21(26-20)17(4-5-25-16)29-11-14(12-29)9-24-10-15-13-30(23(31)35-15)19-8-18-22(28-27-19)34-7-6-33-18/h2-5,8,14-15,24H,6-7,9-13H2,1H3/t15-/m1/s1. The number of nitrogens with one attached hydrogen (secondary N) is 1. The maximum Gasteiger partial charge on any atom is 0.416 e. The molecule has 1 amide bonds. The Labute approximate surface area is 201 Å². The van der Waals surface area contributed by atoms with E-state index in [9.17, 15) is 4.79 Å². The van der Waals surface area contributed by atoms with Crippen molar-refractivity contribution in [3.63, 3.8) is 0 Å². The number of nitrogens with zero attached hydrogens (tertiary/aromatic N) is 6. The van der Waals surface area contributed by atoms with Crippen molar-refractivity contribution in [1.82, 2.24) is 25.5 Å². The summed E-state index contributed by atoms with van der Waals surface area (Å²) in [5, 5.41) is 11.5. The molecular formula is C23H25N7O5. The molecule has 6 heterocycles. The molecule has 0 radical (unpaired) electrons. The van der Waals surface area contributed by atoms with Gasteiger partial charge in [-0.15, -0.1) is 10.2 Å². The first-order chi connectivity index (χ1) is 17.2. The summed E-state index contributed by atoms with van der Waals surface area (Å²) in [4.78, 5) is 25.1. The minimum atomic E-state index is -0.440. The lowest BCUT2D eigenvalue weighted by molar-refractivity contribution is 0.139. The largest absolute Gasteiger partial charge is 0.484 e. The van der Waals surface area contributed by atoms with E-state index in [-0.39, 0.29) is 6.10 Å². The molecule has 0 aliphatic carbocycles. The number of carbonyl (C=O) groups excluding carboxylic acids is 1. The number of carbonyl (C=O) groups is 1. The van der Waals surface area contributed by atoms with Gasteiger partial charge in [-0.3, -0.25) is 9.88 Å². The third-order valence-corrected chi connectivity index (χ3v) is 6.29. The highest BCUT2D eigenvalue weighted by molar-refractivity contribution is 5.89. The molecule has 6 rings (SSSR count). The minimum Gasteiger partial charge on any atom is -0.484 e. The van der Waals surface area contributed by atoms with Gasteiger partial charge in [0.05, 0.1) is 24.9 Å². The molecule has 0 aromatic carbocycles. The molecular weight excluding hydrogens is 454 g/mol. The van der Waals surface area contributed by atoms with Gasteiger partial charge in [-0.25, -0.2) is 9.78 Å². The minimum absolute atomic E-state index is 0.269. The summed E-state index contributed by atoms with van der Waals surface area (Å²) in [5.74, 6) is 2.29. The molecule has 2 saturated heterocycles. The summed E-state index contributed by atoms with van der Waals surface area (Å²) in [7, 11) is 1.61. The zero-order valence-electron chi connectivity index (χ0n) is 19.2. The summed E-state index contributed by atoms with van der Waals surface area (Å²) in [5.41, 5.74) is 2.75. The summed E-state index contributed by atoms with van der Waals surface area (Å²) in [6.45, 7) is 4.48. The van der Waals surface area contributed by atoms with E-state index in [2.05, 4.69) is 30.4 Å². The van der Waals surface area contributed by atoms with Crippen LogP contribution in [0.1, 0.15) is 0 Å². The summed E-state index contributed by atoms with van der Waals surface area (Å²) in [6, 6.07) is 7.39. The Morgan fingerprint density at radius 3 is 2.89 bits per heavy atom. The average Bonchev–Trinajstić information content (AvgIpc) is 3.24. The highest BCUT2D eigenvalue weighted by Gasteiger charge is 2.35. The molecule has 3 aliphatic heterocycles. The second kappa shape index (κ2) is 9.02. The van der Waals surface area contributed by atoms with Crippen LogP contribution in [0.3, 0.4) is 0 Å². The molecule has 1 atom stereocenters. The number of cyclic esters (lactones) is 1. The zero-order chi connectivity index (χ0) is 23.8. The van der Waals surface area contributed by atoms with Crippen LogP contribution in [0.15, 0.2) is 30.5 Å². The molecule has 0 bridgehead atoms. The van der Waals surface area contributed by atoms with E-state index >= 15 is 0 Å². The van der Waals surface area contributed by atoms with Crippen molar-refractivity contribution in [2.24, 2.45) is 5.92 Å². The van der Waals surface area contributed by atoms with E-state index in [1.807, 2.05) is 24.4 Å². The molecule has 35 heavy (non-hydrogen) atoms. The van der Waals surface area contributed by atoms with Crippen molar-refractivity contribution in [3.8, 4) is 17.5 Å². The summed E-state index contributed by atoms with van der Waals surface area (Å²) in [6.07, 6.45) is 1.10. The van der Waals surface area contributed by atoms with Gasteiger partial charge in [0.1, 0.15) is 24.8 Å². The lowest BCUT2D eigenvalue weighted by Crippen LogP contribution is -2.51. The quantitative estimate of drug-likeness (QED) is 0.526. The molecule has 3 aromatic heterocycles. The van der Waals surface area contributed by atoms with Gasteiger partial charge < -0.3 is 29.2 Å². The van der Waals surface area contributed by atoms with Gasteiger partial charge in [0, 0.05) is 50.4 Å². The number of fused-ring (bicyclic) bond motifs is 2. The number of hydrogen-bond acceptors (Lipinski definition) is 11. The molecule has 0 saturated carbocycles. The second-order valence-electron chi connectivity index (χ2n) is 8.67. The molecule has 182 valence electrons. The first-order valence-electron chi connectivity index (χ1n) is 11.5. The molecule has 1 N–H and O–H groups in total. The smallest absolute Gasteiger partial charge is 0.416 e. The molecule has 12 heteroatoms. The topological polar surface area (TPSA) is 124 Å². The zero-order valence-corrected chi connectivity index (χ0v) is 19.2. The van der Waals surface area contributed by atoms with Crippen molar-refractivity contribution >= 4 is 28.6 Å². The lowest BCUT2D eigenvalue weighted by Gasteiger charge is -2.41. The van der Waals surface area contributed by atoms with E-state index in [1.165, 1.54) is 4.90 Å². The van der Waals surface area contributed by atoms with E-state index in [0.29, 0.717) is 55.5 Å². The van der Waals surface area contributed by atoms with Crippen LogP contribution in [0.25, 0.3) is 11.0 Å². The fourth-order valence-electron chi connectivity index (χ4n) is 4.50. The van der Waals surface area contributed by atoms with Gasteiger partial charge in [-0.05, 0) is 12.1 Å². The number of amides is 1. The first-order valence-corrected chi connectivity index (χ1v) is 11.5. The fourth-order valence-corrected chi connectivity index (χ4v) is 4.50. The van der Waals surface area contributed by atoms with Crippen LogP contribution in [-0.4, -0.2) is 85.4 Å². The van der Waals surface area contributed by atoms with Gasteiger partial charge in [0.25, 0.3) is 5.88 Å². The highest BCUT2D eigenvalue weighted by Crippen LogP contribution is 2.32. The SMILES string of the molecule is COc1ccc2nccc(N3CC(CNC[C@@H]4CN(c5cc6c(nn5)OCCO6)C(=O)O4)C3)c2n1. The predicted octanol–water partition coefficient (Wildman–Crippen LogP) is 1.25. The van der Waals surface area contributed by atoms with Crippen LogP contribution < -0.4 is 29.3 Å². The van der Waals surface area contributed by atoms with Crippen LogP contribution in [0, 0.1) is 5.92 Å². The number of ether oxygens (including phenoxy) is 4. The number of anilines is 2. The van der Waals surface area contributed by atoms with Crippen molar-refractivity contribution in [3.05, 3.63) is 30.5 Å². The molecule has 0 unspecified atom stereocenters. The number of rotatable bonds is 7. The van der Waals surface area contributed by atoms with Gasteiger partial charge in [0.15, 0.2) is 11.6 Å². The Balaban J connectivity index is 1.00. The van der Waals surface area contributed by atoms with Gasteiger partial charge in [0.2, 0.25) is 5.88 Å². The van der Waals surface area contributed by atoms with E-state index < -0.39 is 6.09 Å². The third kappa shape index (κ3) is 4.20. The van der Waals surface area contributed by atoms with Crippen molar-refractivity contribution in [1.29, 1.82) is 0 Å². The maximum absolute atomic E-state index is 12.4. The highest BCUT2D eigenvalue weighted by atomic mass is 16.6. The van der Waals surface area contributed by atoms with Crippen molar-refractivity contribution in [2.75, 3.05) is 62.8 Å². The maximum atomic E-state index is 12.4. The second-order valence-corrected chi connectivity index (χ2v) is 8.67. The van der Waals surface area contributed by atoms with Crippen LogP contribution in [0.2, 0.25) is 0 Å². The Hall–Kier alpha value is -3.93. The van der Waals surface area contributed by atoms with Crippen LogP contribution in [-0.2, 0) is 4.74 Å². The fraction of sp³-hybridized carbons (Fsp3) is 0.435. The lowest BCUT2D eigenvalue weighted by atomic mass is 9.99. The van der Waals surface area contributed by atoms with E-state index in [4.69, 9.17) is 18.9 Å². The van der Waals surface area contributed by atoms with Crippen LogP contribution in [0.5, 0.6) is 17.5 Å². The van der Waals surface area contributed by atoms with Gasteiger partial charge in [-0.1, -0.05) is 0 Å². The molecule has 2 fully saturated rings. The van der Waals surface area contributed by atoms with E-state index in [0.717, 1.165) is 36.4 Å². The Morgan fingerprint density at radius 1 is 1.11 bits per heavy atom. The predicted molar refractivity (Wildman–Crippen MR) is 125 cm³/mol. The third-order valence-electron chi connectivity index (χ3n) is 6.29. The number of methoxy groups -OCH3 is 1. The normalized spacial score (nSPS) is 19.6. The monoisotopic (exact) mass is 479 g/mol. The number of hydrogen-bond donors (Lipinski definition) is 1. The Kier molecular flexibility index (Phi) is 5.57. The molecule has 12 nitrogen and oxygen atoms in total. The number of pyridine rings is 2. The molecule has 0 spiro atoms. The van der Waals surface area contributed by atoms with Crippen molar-refractivity contribution in [2.45, 2.75) is 6.10 Å². The van der Waals surface area contributed by atoms with Crippen LogP contribution in [0.4, 0.5) is 16.3 Å². The van der Waals surface area contributed by atoms with Crippen molar-refractivity contribution < 1.29 is 23.7 Å². The Morgan fingerprint density at radius 2 is 2.00 bits per heavy atom. The summed E-state index contributed by atoms with van der Waals surface area (Å²) < 4.78 is 21.7. The van der Waals surface area contributed by atoms with Gasteiger partial charge >= 0.3 is 6.09 Å². The van der Waals surface area contributed by atoms with Crippen LogP contribution >= 0.6 is 0 Å². The summed E-state index contributed by atoms with van der Waals surface area (Å²) >= 11 is 0. The average molecular weight is 479 g/mol. The number of aromatic nitrogens is 4. The molecule has 3 aliphatic rings. The van der Waals surface area contributed by atoms with Gasteiger partial charge in [-0.2, -0.15) is 0 Å². The Bertz CT molecular complexity index is 1250. The molecule has 3 aromatic rings. The van der Waals surface area contributed by atoms with E-state index in [1.54, 1.807) is 13.2 Å². The first kappa shape index (κ1) is 21.6.